The van der Waals surface area contributed by atoms with Crippen LogP contribution in [0.5, 0.6) is 5.75 Å². The molecule has 0 aliphatic carbocycles. The van der Waals surface area contributed by atoms with Crippen LogP contribution in [0.4, 0.5) is 0 Å². The molecule has 0 saturated carbocycles. The minimum Gasteiger partial charge on any atom is -0.497 e. The molecular formula is C23H29N3O2S. The third-order valence-corrected chi connectivity index (χ3v) is 6.66. The first-order valence-electron chi connectivity index (χ1n) is 10.4. The molecule has 0 bridgehead atoms. The van der Waals surface area contributed by atoms with E-state index in [0.717, 1.165) is 56.5 Å². The van der Waals surface area contributed by atoms with Crippen molar-refractivity contribution in [2.75, 3.05) is 33.3 Å². The van der Waals surface area contributed by atoms with Gasteiger partial charge in [-0.25, -0.2) is 4.98 Å². The van der Waals surface area contributed by atoms with Gasteiger partial charge in [0.25, 0.3) is 5.91 Å². The lowest BCUT2D eigenvalue weighted by molar-refractivity contribution is 0.0951. The molecule has 1 N–H and O–H groups in total. The second kappa shape index (κ2) is 8.67. The molecule has 154 valence electrons. The summed E-state index contributed by atoms with van der Waals surface area (Å²) in [5.74, 6) is 2.35. The van der Waals surface area contributed by atoms with Crippen LogP contribution in [0.15, 0.2) is 30.3 Å². The summed E-state index contributed by atoms with van der Waals surface area (Å²) in [5.41, 5.74) is 0.914. The molecule has 4 rings (SSSR count). The maximum absolute atomic E-state index is 12.6. The van der Waals surface area contributed by atoms with Crippen molar-refractivity contribution in [1.29, 1.82) is 0 Å². The van der Waals surface area contributed by atoms with Gasteiger partial charge in [0.05, 0.1) is 17.5 Å². The van der Waals surface area contributed by atoms with Crippen molar-refractivity contribution < 1.29 is 9.53 Å². The fraction of sp³-hybridized carbons (Fsp3) is 0.478. The molecule has 0 unspecified atom stereocenters. The third-order valence-electron chi connectivity index (χ3n) is 5.61. The molecule has 1 fully saturated rings. The van der Waals surface area contributed by atoms with Gasteiger partial charge >= 0.3 is 0 Å². The van der Waals surface area contributed by atoms with Crippen LogP contribution >= 0.6 is 11.3 Å². The summed E-state index contributed by atoms with van der Waals surface area (Å²) in [6.07, 6.45) is 2.31. The summed E-state index contributed by atoms with van der Waals surface area (Å²) in [4.78, 5) is 21.5. The van der Waals surface area contributed by atoms with Gasteiger partial charge in [-0.1, -0.05) is 13.8 Å². The van der Waals surface area contributed by atoms with Gasteiger partial charge in [0.1, 0.15) is 10.6 Å². The second-order valence-corrected chi connectivity index (χ2v) is 9.40. The van der Waals surface area contributed by atoms with E-state index in [-0.39, 0.29) is 5.91 Å². The molecule has 1 aliphatic heterocycles. The molecular weight excluding hydrogens is 382 g/mol. The number of carbonyl (C=O) groups is 1. The summed E-state index contributed by atoms with van der Waals surface area (Å²) in [5, 5.41) is 5.10. The number of benzene rings is 1. The second-order valence-electron chi connectivity index (χ2n) is 8.37. The topological polar surface area (TPSA) is 54.5 Å². The molecule has 1 aromatic carbocycles. The van der Waals surface area contributed by atoms with Gasteiger partial charge in [-0.3, -0.25) is 4.79 Å². The molecule has 0 spiro atoms. The zero-order chi connectivity index (χ0) is 20.4. The lowest BCUT2D eigenvalue weighted by Crippen LogP contribution is -2.40. The molecule has 2 atom stereocenters. The number of hydrogen-bond acceptors (Lipinski definition) is 5. The molecule has 0 radical (unpaired) electrons. The first-order chi connectivity index (χ1) is 14.0. The van der Waals surface area contributed by atoms with E-state index in [1.807, 2.05) is 24.3 Å². The van der Waals surface area contributed by atoms with E-state index in [0.29, 0.717) is 6.54 Å². The minimum atomic E-state index is -0.00461. The lowest BCUT2D eigenvalue weighted by atomic mass is 9.92. The number of rotatable bonds is 6. The van der Waals surface area contributed by atoms with Crippen LogP contribution in [0.25, 0.3) is 21.1 Å². The summed E-state index contributed by atoms with van der Waals surface area (Å²) in [7, 11) is 1.66. The van der Waals surface area contributed by atoms with Crippen molar-refractivity contribution in [3.63, 3.8) is 0 Å². The van der Waals surface area contributed by atoms with Crippen LogP contribution < -0.4 is 10.1 Å². The molecule has 1 amide bonds. The van der Waals surface area contributed by atoms with Gasteiger partial charge in [-0.2, -0.15) is 0 Å². The Balaban J connectivity index is 1.36. The molecule has 2 aromatic heterocycles. The van der Waals surface area contributed by atoms with E-state index in [4.69, 9.17) is 9.72 Å². The smallest absolute Gasteiger partial charge is 0.261 e. The Bertz CT molecular complexity index is 1010. The van der Waals surface area contributed by atoms with Crippen molar-refractivity contribution in [3.05, 3.63) is 35.2 Å². The van der Waals surface area contributed by atoms with Crippen molar-refractivity contribution in [2.45, 2.75) is 26.7 Å². The summed E-state index contributed by atoms with van der Waals surface area (Å²) >= 11 is 1.45. The number of amides is 1. The molecule has 3 aromatic rings. The number of ether oxygens (including phenoxy) is 1. The van der Waals surface area contributed by atoms with Crippen LogP contribution in [0, 0.1) is 11.8 Å². The number of pyridine rings is 1. The van der Waals surface area contributed by atoms with E-state index in [1.165, 1.54) is 30.8 Å². The first-order valence-corrected chi connectivity index (χ1v) is 11.2. The van der Waals surface area contributed by atoms with Gasteiger partial charge in [0, 0.05) is 30.4 Å². The Morgan fingerprint density at radius 2 is 2.00 bits per heavy atom. The fourth-order valence-corrected chi connectivity index (χ4v) is 5.36. The van der Waals surface area contributed by atoms with Gasteiger partial charge in [0.15, 0.2) is 0 Å². The van der Waals surface area contributed by atoms with E-state index in [2.05, 4.69) is 30.1 Å². The number of carbonyl (C=O) groups excluding carboxylic acids is 1. The average molecular weight is 412 g/mol. The maximum Gasteiger partial charge on any atom is 0.261 e. The van der Waals surface area contributed by atoms with Gasteiger partial charge in [-0.05, 0) is 61.6 Å². The Labute approximate surface area is 176 Å². The van der Waals surface area contributed by atoms with Crippen molar-refractivity contribution >= 4 is 38.4 Å². The number of likely N-dealkylation sites (tertiary alicyclic amines) is 1. The molecule has 1 saturated heterocycles. The highest BCUT2D eigenvalue weighted by molar-refractivity contribution is 7.20. The Morgan fingerprint density at radius 1 is 1.21 bits per heavy atom. The SMILES string of the molecule is COc1ccc2nc3sc(C(=O)NCCCN4C[C@H](C)C[C@H](C)C4)cc3cc2c1. The number of aromatic nitrogens is 1. The van der Waals surface area contributed by atoms with Crippen LogP contribution in [-0.4, -0.2) is 49.1 Å². The summed E-state index contributed by atoms with van der Waals surface area (Å²) in [6, 6.07) is 9.85. The standard InChI is InChI=1S/C23H29N3O2S/c1-15-9-16(2)14-26(13-15)8-4-7-24-22(27)21-12-18-10-17-11-19(28-3)5-6-20(17)25-23(18)29-21/h5-6,10-12,15-16H,4,7-9,13-14H2,1-3H3,(H,24,27)/t15-,16+. The number of piperidine rings is 1. The molecule has 6 heteroatoms. The highest BCUT2D eigenvalue weighted by atomic mass is 32.1. The van der Waals surface area contributed by atoms with Crippen LogP contribution in [0.2, 0.25) is 0 Å². The Morgan fingerprint density at radius 3 is 2.76 bits per heavy atom. The monoisotopic (exact) mass is 411 g/mol. The maximum atomic E-state index is 12.6. The summed E-state index contributed by atoms with van der Waals surface area (Å²) in [6.45, 7) is 8.78. The number of nitrogens with zero attached hydrogens (tertiary/aromatic N) is 2. The minimum absolute atomic E-state index is 0.00461. The number of nitrogens with one attached hydrogen (secondary N) is 1. The van der Waals surface area contributed by atoms with Crippen LogP contribution in [-0.2, 0) is 0 Å². The zero-order valence-corrected chi connectivity index (χ0v) is 18.2. The van der Waals surface area contributed by atoms with Crippen molar-refractivity contribution in [1.82, 2.24) is 15.2 Å². The van der Waals surface area contributed by atoms with Crippen molar-refractivity contribution in [3.8, 4) is 5.75 Å². The van der Waals surface area contributed by atoms with Crippen molar-refractivity contribution in [2.24, 2.45) is 11.8 Å². The Kier molecular flexibility index (Phi) is 6.01. The average Bonchev–Trinajstić information content (AvgIpc) is 3.11. The van der Waals surface area contributed by atoms with Gasteiger partial charge < -0.3 is 15.0 Å². The molecule has 5 nitrogen and oxygen atoms in total. The highest BCUT2D eigenvalue weighted by Gasteiger charge is 2.21. The van der Waals surface area contributed by atoms with E-state index < -0.39 is 0 Å². The predicted molar refractivity (Wildman–Crippen MR) is 120 cm³/mol. The zero-order valence-electron chi connectivity index (χ0n) is 17.4. The molecule has 1 aliphatic rings. The lowest BCUT2D eigenvalue weighted by Gasteiger charge is -2.34. The third kappa shape index (κ3) is 4.70. The van der Waals surface area contributed by atoms with Crippen LogP contribution in [0.3, 0.4) is 0 Å². The van der Waals surface area contributed by atoms with Crippen LogP contribution in [0.1, 0.15) is 36.4 Å². The largest absolute Gasteiger partial charge is 0.497 e. The number of thiophene rings is 1. The normalized spacial score (nSPS) is 20.2. The van der Waals surface area contributed by atoms with E-state index in [1.54, 1.807) is 7.11 Å². The van der Waals surface area contributed by atoms with Gasteiger partial charge in [-0.15, -0.1) is 11.3 Å². The fourth-order valence-electron chi connectivity index (χ4n) is 4.42. The summed E-state index contributed by atoms with van der Waals surface area (Å²) < 4.78 is 5.30. The molecule has 3 heterocycles. The Hall–Kier alpha value is -2.18. The number of methoxy groups -OCH3 is 1. The molecule has 29 heavy (non-hydrogen) atoms. The number of fused-ring (bicyclic) bond motifs is 2. The van der Waals surface area contributed by atoms with E-state index >= 15 is 0 Å². The van der Waals surface area contributed by atoms with Gasteiger partial charge in [0.2, 0.25) is 0 Å². The first kappa shape index (κ1) is 20.1. The number of hydrogen-bond donors (Lipinski definition) is 1. The quantitative estimate of drug-likeness (QED) is 0.605. The van der Waals surface area contributed by atoms with E-state index in [9.17, 15) is 4.79 Å². The highest BCUT2D eigenvalue weighted by Crippen LogP contribution is 2.29. The predicted octanol–water partition coefficient (Wildman–Crippen LogP) is 4.56.